The van der Waals surface area contributed by atoms with Gasteiger partial charge >= 0.3 is 0 Å². The first kappa shape index (κ1) is 14.9. The average molecular weight is 276 g/mol. The van der Waals surface area contributed by atoms with Crippen LogP contribution in [0.25, 0.3) is 0 Å². The monoisotopic (exact) mass is 276 g/mol. The molecule has 2 N–H and O–H groups in total. The summed E-state index contributed by atoms with van der Waals surface area (Å²) in [6, 6.07) is 8.14. The molecular formula is C16H24N2O2. The molecule has 20 heavy (non-hydrogen) atoms. The lowest BCUT2D eigenvalue weighted by Crippen LogP contribution is -2.30. The third kappa shape index (κ3) is 4.23. The molecule has 1 aliphatic carbocycles. The van der Waals surface area contributed by atoms with Crippen LogP contribution in [0.3, 0.4) is 0 Å². The van der Waals surface area contributed by atoms with Crippen molar-refractivity contribution in [3.8, 4) is 5.75 Å². The Morgan fingerprint density at radius 2 is 2.15 bits per heavy atom. The zero-order chi connectivity index (χ0) is 14.4. The summed E-state index contributed by atoms with van der Waals surface area (Å²) >= 11 is 0. The number of amides is 1. The van der Waals surface area contributed by atoms with Crippen LogP contribution < -0.4 is 15.4 Å². The number of nitrogens with one attached hydrogen (secondary N) is 2. The van der Waals surface area contributed by atoms with Gasteiger partial charge in [-0.15, -0.1) is 0 Å². The summed E-state index contributed by atoms with van der Waals surface area (Å²) in [7, 11) is 1.94. The quantitative estimate of drug-likeness (QED) is 0.766. The number of para-hydroxylation sites is 1. The highest BCUT2D eigenvalue weighted by Gasteiger charge is 2.21. The molecule has 110 valence electrons. The van der Waals surface area contributed by atoms with Crippen molar-refractivity contribution in [1.82, 2.24) is 10.6 Å². The highest BCUT2D eigenvalue weighted by atomic mass is 16.5. The molecule has 0 saturated heterocycles. The van der Waals surface area contributed by atoms with Crippen LogP contribution in [0.1, 0.15) is 37.8 Å². The minimum absolute atomic E-state index is 0.0378. The Hall–Kier alpha value is -1.55. The van der Waals surface area contributed by atoms with E-state index in [9.17, 15) is 4.79 Å². The number of carbonyl (C=O) groups excluding carboxylic acids is 1. The minimum atomic E-state index is -0.0378. The van der Waals surface area contributed by atoms with Crippen LogP contribution in [0.4, 0.5) is 0 Å². The van der Waals surface area contributed by atoms with Gasteiger partial charge in [0.15, 0.2) is 6.61 Å². The van der Waals surface area contributed by atoms with Crippen molar-refractivity contribution in [2.45, 2.75) is 32.2 Å². The Labute approximate surface area is 120 Å². The van der Waals surface area contributed by atoms with Crippen molar-refractivity contribution in [1.29, 1.82) is 0 Å². The normalized spacial score (nSPS) is 15.7. The molecule has 4 heteroatoms. The first-order chi connectivity index (χ1) is 9.74. The zero-order valence-electron chi connectivity index (χ0n) is 12.3. The molecule has 1 amide bonds. The van der Waals surface area contributed by atoms with Crippen LogP contribution in [-0.4, -0.2) is 26.1 Å². The lowest BCUT2D eigenvalue weighted by Gasteiger charge is -2.18. The van der Waals surface area contributed by atoms with Gasteiger partial charge in [0.05, 0.1) is 0 Å². The number of hydrogen-bond acceptors (Lipinski definition) is 3. The fraction of sp³-hybridized carbons (Fsp3) is 0.562. The topological polar surface area (TPSA) is 50.4 Å². The maximum absolute atomic E-state index is 11.7. The summed E-state index contributed by atoms with van der Waals surface area (Å²) in [6.07, 6.45) is 3.46. The van der Waals surface area contributed by atoms with Crippen molar-refractivity contribution < 1.29 is 9.53 Å². The van der Waals surface area contributed by atoms with Gasteiger partial charge in [0.1, 0.15) is 5.75 Å². The molecule has 1 atom stereocenters. The van der Waals surface area contributed by atoms with Gasteiger partial charge in [-0.05, 0) is 38.3 Å². The number of rotatable bonds is 8. The van der Waals surface area contributed by atoms with Crippen molar-refractivity contribution in [2.24, 2.45) is 5.92 Å². The van der Waals surface area contributed by atoms with Crippen molar-refractivity contribution in [3.63, 3.8) is 0 Å². The maximum atomic E-state index is 11.7. The van der Waals surface area contributed by atoms with E-state index in [-0.39, 0.29) is 18.6 Å². The second kappa shape index (κ2) is 7.29. The first-order valence-corrected chi connectivity index (χ1v) is 7.40. The van der Waals surface area contributed by atoms with Gasteiger partial charge in [-0.2, -0.15) is 0 Å². The highest BCUT2D eigenvalue weighted by molar-refractivity contribution is 5.77. The molecule has 1 aromatic rings. The van der Waals surface area contributed by atoms with Crippen LogP contribution in [0.2, 0.25) is 0 Å². The number of ether oxygens (including phenoxy) is 1. The predicted octanol–water partition coefficient (Wildman–Crippen LogP) is 2.26. The van der Waals surface area contributed by atoms with E-state index in [1.165, 1.54) is 12.8 Å². The van der Waals surface area contributed by atoms with Crippen molar-refractivity contribution >= 4 is 5.91 Å². The summed E-state index contributed by atoms with van der Waals surface area (Å²) in [6.45, 7) is 3.00. The Kier molecular flexibility index (Phi) is 5.41. The Balaban J connectivity index is 1.89. The number of carbonyl (C=O) groups is 1. The van der Waals surface area contributed by atoms with E-state index in [2.05, 4.69) is 17.6 Å². The van der Waals surface area contributed by atoms with Gasteiger partial charge in [0, 0.05) is 18.2 Å². The molecule has 1 saturated carbocycles. The minimum Gasteiger partial charge on any atom is -0.483 e. The van der Waals surface area contributed by atoms with Crippen LogP contribution in [0.15, 0.2) is 24.3 Å². The summed E-state index contributed by atoms with van der Waals surface area (Å²) in [5, 5.41) is 6.18. The molecule has 4 nitrogen and oxygen atoms in total. The fourth-order valence-corrected chi connectivity index (χ4v) is 2.25. The van der Waals surface area contributed by atoms with Gasteiger partial charge in [0.25, 0.3) is 5.91 Å². The van der Waals surface area contributed by atoms with Crippen LogP contribution in [0.5, 0.6) is 5.75 Å². The summed E-state index contributed by atoms with van der Waals surface area (Å²) < 4.78 is 5.68. The van der Waals surface area contributed by atoms with E-state index >= 15 is 0 Å². The lowest BCUT2D eigenvalue weighted by molar-refractivity contribution is -0.123. The second-order valence-electron chi connectivity index (χ2n) is 5.32. The van der Waals surface area contributed by atoms with E-state index in [1.54, 1.807) is 0 Å². The molecule has 0 aromatic heterocycles. The molecular weight excluding hydrogens is 252 g/mol. The molecule has 0 bridgehead atoms. The van der Waals surface area contributed by atoms with E-state index < -0.39 is 0 Å². The third-order valence-corrected chi connectivity index (χ3v) is 3.69. The Morgan fingerprint density at radius 3 is 2.80 bits per heavy atom. The highest BCUT2D eigenvalue weighted by Crippen LogP contribution is 2.28. The Bertz CT molecular complexity index is 440. The maximum Gasteiger partial charge on any atom is 0.257 e. The van der Waals surface area contributed by atoms with Crippen LogP contribution in [-0.2, 0) is 4.79 Å². The summed E-state index contributed by atoms with van der Waals surface area (Å²) in [4.78, 5) is 11.7. The van der Waals surface area contributed by atoms with Crippen LogP contribution in [0, 0.1) is 5.92 Å². The zero-order valence-corrected chi connectivity index (χ0v) is 12.3. The molecule has 1 unspecified atom stereocenters. The van der Waals surface area contributed by atoms with Crippen molar-refractivity contribution in [3.05, 3.63) is 29.8 Å². The molecule has 1 aliphatic rings. The van der Waals surface area contributed by atoms with E-state index in [1.807, 2.05) is 31.3 Å². The molecule has 0 heterocycles. The SMILES string of the molecule is CCC(NC)c1ccccc1OCC(=O)NCC1CC1. The van der Waals surface area contributed by atoms with Gasteiger partial charge in [0.2, 0.25) is 0 Å². The third-order valence-electron chi connectivity index (χ3n) is 3.69. The smallest absolute Gasteiger partial charge is 0.257 e. The summed E-state index contributed by atoms with van der Waals surface area (Å²) in [5.74, 6) is 1.44. The molecule has 0 radical (unpaired) electrons. The molecule has 0 spiro atoms. The second-order valence-corrected chi connectivity index (χ2v) is 5.32. The number of benzene rings is 1. The standard InChI is InChI=1S/C16H24N2O2/c1-3-14(17-2)13-6-4-5-7-15(13)20-11-16(19)18-10-12-8-9-12/h4-7,12,14,17H,3,8-11H2,1-2H3,(H,18,19). The Morgan fingerprint density at radius 1 is 1.40 bits per heavy atom. The van der Waals surface area contributed by atoms with E-state index in [0.29, 0.717) is 5.92 Å². The lowest BCUT2D eigenvalue weighted by atomic mass is 10.0. The van der Waals surface area contributed by atoms with E-state index in [4.69, 9.17) is 4.74 Å². The van der Waals surface area contributed by atoms with Gasteiger partial charge in [-0.3, -0.25) is 4.79 Å². The van der Waals surface area contributed by atoms with Gasteiger partial charge < -0.3 is 15.4 Å². The molecule has 0 aliphatic heterocycles. The molecule has 2 rings (SSSR count). The predicted molar refractivity (Wildman–Crippen MR) is 79.8 cm³/mol. The van der Waals surface area contributed by atoms with Gasteiger partial charge in [-0.25, -0.2) is 0 Å². The first-order valence-electron chi connectivity index (χ1n) is 7.40. The van der Waals surface area contributed by atoms with Gasteiger partial charge in [-0.1, -0.05) is 25.1 Å². The molecule has 1 aromatic carbocycles. The largest absolute Gasteiger partial charge is 0.483 e. The molecule has 1 fully saturated rings. The fourth-order valence-electron chi connectivity index (χ4n) is 2.25. The van der Waals surface area contributed by atoms with Crippen molar-refractivity contribution in [2.75, 3.05) is 20.2 Å². The van der Waals surface area contributed by atoms with E-state index in [0.717, 1.165) is 24.3 Å². The number of hydrogen-bond donors (Lipinski definition) is 2. The summed E-state index contributed by atoms with van der Waals surface area (Å²) in [5.41, 5.74) is 1.10. The average Bonchev–Trinajstić information content (AvgIpc) is 3.29. The van der Waals surface area contributed by atoms with Crippen LogP contribution >= 0.6 is 0 Å².